The molecule has 0 aromatic carbocycles. The summed E-state index contributed by atoms with van der Waals surface area (Å²) in [7, 11) is -4.23. The van der Waals surface area contributed by atoms with E-state index in [4.69, 9.17) is 25.2 Å². The summed E-state index contributed by atoms with van der Waals surface area (Å²) < 4.78 is 11.7. The SMILES string of the molecule is NC(=O)c1cn([C@H]2CC[C@@H](CO[P+](O)(O)O)O2)cn1. The van der Waals surface area contributed by atoms with Gasteiger partial charge < -0.3 is 15.0 Å². The summed E-state index contributed by atoms with van der Waals surface area (Å²) in [6.45, 7) is -0.120. The number of nitrogens with zero attached hydrogens (tertiary/aromatic N) is 2. The van der Waals surface area contributed by atoms with E-state index in [1.54, 1.807) is 4.57 Å². The predicted molar refractivity (Wildman–Crippen MR) is 63.4 cm³/mol. The summed E-state index contributed by atoms with van der Waals surface area (Å²) >= 11 is 0. The molecule has 1 saturated heterocycles. The fraction of sp³-hybridized carbons (Fsp3) is 0.556. The topological polar surface area (TPSA) is 140 Å². The third kappa shape index (κ3) is 3.93. The summed E-state index contributed by atoms with van der Waals surface area (Å²) in [5.74, 6) is -0.618. The maximum atomic E-state index is 10.9. The molecule has 1 aromatic rings. The molecule has 0 aliphatic carbocycles. The van der Waals surface area contributed by atoms with E-state index in [2.05, 4.69) is 9.51 Å². The van der Waals surface area contributed by atoms with E-state index in [1.807, 2.05) is 0 Å². The Morgan fingerprint density at radius 3 is 2.89 bits per heavy atom. The van der Waals surface area contributed by atoms with Crippen LogP contribution < -0.4 is 5.73 Å². The maximum Gasteiger partial charge on any atom is 0.567 e. The van der Waals surface area contributed by atoms with Gasteiger partial charge in [0.1, 0.15) is 18.5 Å². The van der Waals surface area contributed by atoms with Gasteiger partial charge in [-0.15, -0.1) is 0 Å². The lowest BCUT2D eigenvalue weighted by atomic mass is 10.2. The zero-order chi connectivity index (χ0) is 14.0. The third-order valence-corrected chi connectivity index (χ3v) is 3.20. The van der Waals surface area contributed by atoms with E-state index in [0.29, 0.717) is 12.8 Å². The Morgan fingerprint density at radius 1 is 1.58 bits per heavy atom. The van der Waals surface area contributed by atoms with Crippen LogP contribution in [0.2, 0.25) is 0 Å². The number of primary amides is 1. The minimum absolute atomic E-state index is 0.120. The predicted octanol–water partition coefficient (Wildman–Crippen LogP) is -0.669. The van der Waals surface area contributed by atoms with E-state index in [9.17, 15) is 4.79 Å². The third-order valence-electron chi connectivity index (χ3n) is 2.71. The number of aromatic nitrogens is 2. The van der Waals surface area contributed by atoms with Crippen LogP contribution in [0.5, 0.6) is 0 Å². The van der Waals surface area contributed by atoms with Crippen molar-refractivity contribution >= 4 is 14.1 Å². The molecule has 1 aliphatic heterocycles. The largest absolute Gasteiger partial charge is 0.567 e. The van der Waals surface area contributed by atoms with Crippen LogP contribution in [0.4, 0.5) is 0 Å². The smallest absolute Gasteiger partial charge is 0.364 e. The molecule has 106 valence electrons. The number of carbonyl (C=O) groups is 1. The Hall–Kier alpha value is -1.09. The highest BCUT2D eigenvalue weighted by Crippen LogP contribution is 2.46. The lowest BCUT2D eigenvalue weighted by Gasteiger charge is -2.13. The Morgan fingerprint density at radius 2 is 2.32 bits per heavy atom. The Labute approximate surface area is 109 Å². The van der Waals surface area contributed by atoms with Crippen LogP contribution in [-0.4, -0.2) is 42.8 Å². The van der Waals surface area contributed by atoms with Crippen LogP contribution in [0, 0.1) is 0 Å². The van der Waals surface area contributed by atoms with Gasteiger partial charge in [0.05, 0.1) is 12.4 Å². The molecule has 0 spiro atoms. The number of rotatable bonds is 5. The van der Waals surface area contributed by atoms with Gasteiger partial charge in [0.25, 0.3) is 5.91 Å². The first-order valence-corrected chi connectivity index (χ1v) is 7.12. The van der Waals surface area contributed by atoms with Crippen LogP contribution in [0.15, 0.2) is 12.5 Å². The Bertz CT molecular complexity index is 459. The summed E-state index contributed by atoms with van der Waals surface area (Å²) in [5, 5.41) is 0. The average molecular weight is 292 g/mol. The molecule has 1 aromatic heterocycles. The van der Waals surface area contributed by atoms with E-state index in [0.717, 1.165) is 0 Å². The minimum atomic E-state index is -4.23. The molecule has 19 heavy (non-hydrogen) atoms. The van der Waals surface area contributed by atoms with Crippen molar-refractivity contribution in [2.45, 2.75) is 25.2 Å². The molecule has 0 bridgehead atoms. The van der Waals surface area contributed by atoms with Crippen molar-refractivity contribution in [2.24, 2.45) is 5.73 Å². The second-order valence-electron chi connectivity index (χ2n) is 4.17. The number of nitrogens with two attached hydrogens (primary N) is 1. The van der Waals surface area contributed by atoms with Gasteiger partial charge in [-0.05, 0) is 12.8 Å². The van der Waals surface area contributed by atoms with E-state index < -0.39 is 14.1 Å². The van der Waals surface area contributed by atoms with E-state index in [-0.39, 0.29) is 24.6 Å². The summed E-state index contributed by atoms with van der Waals surface area (Å²) in [4.78, 5) is 40.9. The molecule has 2 heterocycles. The highest BCUT2D eigenvalue weighted by Gasteiger charge is 2.36. The lowest BCUT2D eigenvalue weighted by Crippen LogP contribution is -2.16. The van der Waals surface area contributed by atoms with Gasteiger partial charge in [0, 0.05) is 6.20 Å². The normalized spacial score (nSPS) is 23.7. The van der Waals surface area contributed by atoms with Gasteiger partial charge in [0.15, 0.2) is 0 Å². The molecule has 9 nitrogen and oxygen atoms in total. The van der Waals surface area contributed by atoms with Crippen molar-refractivity contribution in [1.82, 2.24) is 9.55 Å². The van der Waals surface area contributed by atoms with E-state index >= 15 is 0 Å². The molecule has 1 aliphatic rings. The van der Waals surface area contributed by atoms with Gasteiger partial charge in [0.2, 0.25) is 0 Å². The fourth-order valence-electron chi connectivity index (χ4n) is 1.83. The zero-order valence-electron chi connectivity index (χ0n) is 9.92. The monoisotopic (exact) mass is 292 g/mol. The van der Waals surface area contributed by atoms with Crippen molar-refractivity contribution in [3.05, 3.63) is 18.2 Å². The first-order valence-electron chi connectivity index (χ1n) is 5.56. The standard InChI is InChI=1S/C9H14N3O6P/c10-9(13)7-3-12(5-11-7)8-2-1-6(18-8)4-17-19(14,15)16/h3,5-6,8,14-16H,1-2,4H2,(H-,10,13)/p+1/t6-,8+/m0/s1. The van der Waals surface area contributed by atoms with Gasteiger partial charge in [-0.1, -0.05) is 0 Å². The summed E-state index contributed by atoms with van der Waals surface area (Å²) in [6.07, 6.45) is 3.51. The van der Waals surface area contributed by atoms with E-state index in [1.165, 1.54) is 12.5 Å². The number of imidazole rings is 1. The second-order valence-corrected chi connectivity index (χ2v) is 5.45. The van der Waals surface area contributed by atoms with Crippen molar-refractivity contribution in [3.63, 3.8) is 0 Å². The molecule has 2 rings (SSSR count). The zero-order valence-corrected chi connectivity index (χ0v) is 10.8. The number of carbonyl (C=O) groups excluding carboxylic acids is 1. The highest BCUT2D eigenvalue weighted by atomic mass is 31.2. The molecule has 0 saturated carbocycles. The van der Waals surface area contributed by atoms with Crippen LogP contribution in [-0.2, 0) is 9.26 Å². The molecule has 10 heteroatoms. The fourth-order valence-corrected chi connectivity index (χ4v) is 2.20. The summed E-state index contributed by atoms with van der Waals surface area (Å²) in [6, 6.07) is 0. The van der Waals surface area contributed by atoms with Crippen LogP contribution in [0.25, 0.3) is 0 Å². The second kappa shape index (κ2) is 5.49. The quantitative estimate of drug-likeness (QED) is 0.527. The van der Waals surface area contributed by atoms with Gasteiger partial charge in [-0.25, -0.2) is 4.98 Å². The number of ether oxygens (including phenoxy) is 1. The van der Waals surface area contributed by atoms with Crippen molar-refractivity contribution < 1.29 is 28.7 Å². The molecule has 1 fully saturated rings. The lowest BCUT2D eigenvalue weighted by molar-refractivity contribution is -0.0250. The molecular formula is C9H15N3O6P+. The molecule has 1 amide bonds. The van der Waals surface area contributed by atoms with Crippen LogP contribution >= 0.6 is 8.17 Å². The van der Waals surface area contributed by atoms with Gasteiger partial charge in [-0.3, -0.25) is 4.79 Å². The molecular weight excluding hydrogens is 277 g/mol. The van der Waals surface area contributed by atoms with Crippen molar-refractivity contribution in [2.75, 3.05) is 6.61 Å². The Kier molecular flexibility index (Phi) is 4.14. The first-order chi connectivity index (χ1) is 8.85. The van der Waals surface area contributed by atoms with Crippen molar-refractivity contribution in [3.8, 4) is 0 Å². The van der Waals surface area contributed by atoms with Crippen molar-refractivity contribution in [1.29, 1.82) is 0 Å². The minimum Gasteiger partial charge on any atom is -0.364 e. The summed E-state index contributed by atoms with van der Waals surface area (Å²) in [5.41, 5.74) is 5.24. The Balaban J connectivity index is 1.89. The first kappa shape index (κ1) is 14.3. The number of hydrogen-bond acceptors (Lipinski definition) is 7. The van der Waals surface area contributed by atoms with Gasteiger partial charge >= 0.3 is 8.17 Å². The number of amides is 1. The average Bonchev–Trinajstić information content (AvgIpc) is 2.94. The molecule has 5 N–H and O–H groups in total. The maximum absolute atomic E-state index is 10.9. The highest BCUT2D eigenvalue weighted by molar-refractivity contribution is 7.53. The van der Waals surface area contributed by atoms with Crippen LogP contribution in [0.1, 0.15) is 29.6 Å². The molecule has 0 radical (unpaired) electrons. The number of hydrogen-bond donors (Lipinski definition) is 4. The molecule has 2 atom stereocenters. The van der Waals surface area contributed by atoms with Gasteiger partial charge in [-0.2, -0.15) is 19.2 Å². The van der Waals surface area contributed by atoms with Crippen LogP contribution in [0.3, 0.4) is 0 Å². The molecule has 0 unspecified atom stereocenters.